The van der Waals surface area contributed by atoms with Gasteiger partial charge in [-0.05, 0) is 13.3 Å². The summed E-state index contributed by atoms with van der Waals surface area (Å²) >= 11 is 0. The van der Waals surface area contributed by atoms with Crippen LogP contribution in [-0.2, 0) is 0 Å². The summed E-state index contributed by atoms with van der Waals surface area (Å²) in [5.41, 5.74) is 0.0964. The molecule has 1 aromatic heterocycles. The summed E-state index contributed by atoms with van der Waals surface area (Å²) in [4.78, 5) is 22.4. The first-order valence-corrected chi connectivity index (χ1v) is 4.66. The Morgan fingerprint density at radius 2 is 2.27 bits per heavy atom. The van der Waals surface area contributed by atoms with Crippen LogP contribution in [0.4, 0.5) is 4.79 Å². The topological polar surface area (TPSA) is 84.2 Å². The second kappa shape index (κ2) is 5.14. The van der Waals surface area contributed by atoms with Gasteiger partial charge in [-0.15, -0.1) is 0 Å². The SMILES string of the molecule is CCCNC(=O)NC(=O)c1cc(C)on1. The summed E-state index contributed by atoms with van der Waals surface area (Å²) in [7, 11) is 0. The largest absolute Gasteiger partial charge is 0.361 e. The van der Waals surface area contributed by atoms with Gasteiger partial charge in [0.15, 0.2) is 5.69 Å². The fourth-order valence-corrected chi connectivity index (χ4v) is 0.923. The molecule has 0 spiro atoms. The molecule has 1 rings (SSSR count). The van der Waals surface area contributed by atoms with Crippen molar-refractivity contribution in [3.63, 3.8) is 0 Å². The van der Waals surface area contributed by atoms with Crippen LogP contribution in [0, 0.1) is 6.92 Å². The van der Waals surface area contributed by atoms with Crippen LogP contribution < -0.4 is 10.6 Å². The number of nitrogens with one attached hydrogen (secondary N) is 2. The van der Waals surface area contributed by atoms with Gasteiger partial charge in [-0.1, -0.05) is 12.1 Å². The van der Waals surface area contributed by atoms with Crippen molar-refractivity contribution in [2.75, 3.05) is 6.54 Å². The zero-order valence-corrected chi connectivity index (χ0v) is 8.66. The van der Waals surface area contributed by atoms with Crippen LogP contribution in [0.15, 0.2) is 10.6 Å². The Morgan fingerprint density at radius 1 is 1.53 bits per heavy atom. The van der Waals surface area contributed by atoms with E-state index < -0.39 is 11.9 Å². The minimum atomic E-state index is -0.569. The Hall–Kier alpha value is -1.85. The molecule has 82 valence electrons. The van der Waals surface area contributed by atoms with E-state index in [4.69, 9.17) is 4.52 Å². The molecule has 0 unspecified atom stereocenters. The van der Waals surface area contributed by atoms with Gasteiger partial charge in [0, 0.05) is 12.6 Å². The van der Waals surface area contributed by atoms with Crippen molar-refractivity contribution in [1.82, 2.24) is 15.8 Å². The normalized spacial score (nSPS) is 9.73. The van der Waals surface area contributed by atoms with Gasteiger partial charge < -0.3 is 9.84 Å². The standard InChI is InChI=1S/C9H13N3O3/c1-3-4-10-9(14)11-8(13)7-5-6(2)15-12-7/h5H,3-4H2,1-2H3,(H2,10,11,13,14). The number of carbonyl (C=O) groups is 2. The van der Waals surface area contributed by atoms with Crippen molar-refractivity contribution in [3.05, 3.63) is 17.5 Å². The second-order valence-electron chi connectivity index (χ2n) is 3.03. The molecule has 2 N–H and O–H groups in total. The van der Waals surface area contributed by atoms with Gasteiger partial charge >= 0.3 is 6.03 Å². The molecule has 0 fully saturated rings. The van der Waals surface area contributed by atoms with E-state index in [1.807, 2.05) is 6.92 Å². The average molecular weight is 211 g/mol. The van der Waals surface area contributed by atoms with E-state index in [9.17, 15) is 9.59 Å². The van der Waals surface area contributed by atoms with Crippen LogP contribution in [0.25, 0.3) is 0 Å². The van der Waals surface area contributed by atoms with Crippen molar-refractivity contribution in [2.45, 2.75) is 20.3 Å². The molecule has 0 aliphatic rings. The summed E-state index contributed by atoms with van der Waals surface area (Å²) in [6.45, 7) is 4.11. The van der Waals surface area contributed by atoms with Crippen LogP contribution >= 0.6 is 0 Å². The van der Waals surface area contributed by atoms with Crippen LogP contribution in [0.5, 0.6) is 0 Å². The number of urea groups is 1. The second-order valence-corrected chi connectivity index (χ2v) is 3.03. The number of hydrogen-bond donors (Lipinski definition) is 2. The van der Waals surface area contributed by atoms with Crippen LogP contribution in [-0.4, -0.2) is 23.6 Å². The molecule has 0 atom stereocenters. The highest BCUT2D eigenvalue weighted by atomic mass is 16.5. The van der Waals surface area contributed by atoms with Crippen molar-refractivity contribution < 1.29 is 14.1 Å². The highest BCUT2D eigenvalue weighted by molar-refractivity contribution is 6.02. The predicted molar refractivity (Wildman–Crippen MR) is 52.4 cm³/mol. The molecule has 0 aliphatic heterocycles. The minimum Gasteiger partial charge on any atom is -0.361 e. The van der Waals surface area contributed by atoms with E-state index in [1.54, 1.807) is 6.92 Å². The van der Waals surface area contributed by atoms with Crippen molar-refractivity contribution in [2.24, 2.45) is 0 Å². The van der Waals surface area contributed by atoms with Crippen molar-refractivity contribution >= 4 is 11.9 Å². The highest BCUT2D eigenvalue weighted by Gasteiger charge is 2.13. The monoisotopic (exact) mass is 211 g/mol. The number of rotatable bonds is 3. The number of aryl methyl sites for hydroxylation is 1. The molecule has 0 aliphatic carbocycles. The quantitative estimate of drug-likeness (QED) is 0.775. The summed E-state index contributed by atoms with van der Waals surface area (Å²) in [5.74, 6) is -0.0467. The number of hydrogen-bond acceptors (Lipinski definition) is 4. The molecular formula is C9H13N3O3. The Balaban J connectivity index is 2.45. The predicted octanol–water partition coefficient (Wildman–Crippen LogP) is 0.832. The van der Waals surface area contributed by atoms with E-state index >= 15 is 0 Å². The lowest BCUT2D eigenvalue weighted by Gasteiger charge is -2.02. The molecule has 0 saturated heterocycles. The molecule has 6 nitrogen and oxygen atoms in total. The molecule has 15 heavy (non-hydrogen) atoms. The van der Waals surface area contributed by atoms with Crippen LogP contribution in [0.2, 0.25) is 0 Å². The maximum Gasteiger partial charge on any atom is 0.321 e. The van der Waals surface area contributed by atoms with Gasteiger partial charge in [0.25, 0.3) is 5.91 Å². The molecule has 0 bridgehead atoms. The minimum absolute atomic E-state index is 0.0964. The number of aromatic nitrogens is 1. The maximum absolute atomic E-state index is 11.3. The summed E-state index contributed by atoms with van der Waals surface area (Å²) < 4.78 is 4.71. The van der Waals surface area contributed by atoms with Gasteiger partial charge in [-0.2, -0.15) is 0 Å². The lowest BCUT2D eigenvalue weighted by molar-refractivity contribution is 0.0955. The molecule has 0 saturated carbocycles. The van der Waals surface area contributed by atoms with Crippen molar-refractivity contribution in [3.8, 4) is 0 Å². The number of nitrogens with zero attached hydrogens (tertiary/aromatic N) is 1. The van der Waals surface area contributed by atoms with Crippen LogP contribution in [0.3, 0.4) is 0 Å². The van der Waals surface area contributed by atoms with E-state index in [1.165, 1.54) is 6.07 Å². The third-order valence-electron chi connectivity index (χ3n) is 1.62. The Morgan fingerprint density at radius 3 is 2.80 bits per heavy atom. The molecular weight excluding hydrogens is 198 g/mol. The molecule has 0 aromatic carbocycles. The zero-order valence-electron chi connectivity index (χ0n) is 8.66. The first-order chi connectivity index (χ1) is 7.13. The van der Waals surface area contributed by atoms with Crippen molar-refractivity contribution in [1.29, 1.82) is 0 Å². The number of amides is 3. The maximum atomic E-state index is 11.3. The van der Waals surface area contributed by atoms with E-state index in [-0.39, 0.29) is 5.69 Å². The van der Waals surface area contributed by atoms with E-state index in [0.717, 1.165) is 6.42 Å². The molecule has 1 aromatic rings. The molecule has 1 heterocycles. The third-order valence-corrected chi connectivity index (χ3v) is 1.62. The van der Waals surface area contributed by atoms with Gasteiger partial charge in [0.2, 0.25) is 0 Å². The molecule has 6 heteroatoms. The summed E-state index contributed by atoms with van der Waals surface area (Å²) in [6.07, 6.45) is 0.810. The highest BCUT2D eigenvalue weighted by Crippen LogP contribution is 2.00. The fraction of sp³-hybridized carbons (Fsp3) is 0.444. The molecule has 3 amide bonds. The molecule has 0 radical (unpaired) electrons. The van der Waals surface area contributed by atoms with Crippen LogP contribution in [0.1, 0.15) is 29.6 Å². The van der Waals surface area contributed by atoms with Gasteiger partial charge in [0.1, 0.15) is 5.76 Å². The number of imide groups is 1. The van der Waals surface area contributed by atoms with Gasteiger partial charge in [-0.3, -0.25) is 10.1 Å². The Labute approximate surface area is 87.0 Å². The lowest BCUT2D eigenvalue weighted by Crippen LogP contribution is -2.39. The smallest absolute Gasteiger partial charge is 0.321 e. The zero-order chi connectivity index (χ0) is 11.3. The lowest BCUT2D eigenvalue weighted by atomic mass is 10.3. The average Bonchev–Trinajstić information content (AvgIpc) is 2.61. The van der Waals surface area contributed by atoms with Gasteiger partial charge in [0.05, 0.1) is 0 Å². The Bertz CT molecular complexity index is 359. The fourth-order valence-electron chi connectivity index (χ4n) is 0.923. The summed E-state index contributed by atoms with van der Waals surface area (Å²) in [5, 5.41) is 8.13. The number of carbonyl (C=O) groups excluding carboxylic acids is 2. The third kappa shape index (κ3) is 3.41. The van der Waals surface area contributed by atoms with E-state index in [2.05, 4.69) is 15.8 Å². The first-order valence-electron chi connectivity index (χ1n) is 4.66. The first kappa shape index (κ1) is 11.2. The van der Waals surface area contributed by atoms with E-state index in [0.29, 0.717) is 12.3 Å². The Kier molecular flexibility index (Phi) is 3.84. The summed E-state index contributed by atoms with van der Waals surface area (Å²) in [6, 6.07) is 0.935. The van der Waals surface area contributed by atoms with Gasteiger partial charge in [-0.25, -0.2) is 4.79 Å².